The fraction of sp³-hybridized carbons (Fsp3) is 0.750. The van der Waals surface area contributed by atoms with Crippen molar-refractivity contribution in [1.29, 1.82) is 0 Å². The van der Waals surface area contributed by atoms with Crippen LogP contribution >= 0.6 is 11.3 Å². The topological polar surface area (TPSA) is 83.0 Å². The normalized spacial score (nSPS) is 15.1. The molecule has 0 aromatic carbocycles. The van der Waals surface area contributed by atoms with E-state index in [1.807, 2.05) is 0 Å². The molecule has 92 valence electrons. The number of rotatable bonds is 3. The third-order valence-corrected chi connectivity index (χ3v) is 6.86. The van der Waals surface area contributed by atoms with Gasteiger partial charge in [0.25, 0.3) is 0 Å². The van der Waals surface area contributed by atoms with Crippen molar-refractivity contribution >= 4 is 32.3 Å². The summed E-state index contributed by atoms with van der Waals surface area (Å²) in [4.78, 5) is 0. The summed E-state index contributed by atoms with van der Waals surface area (Å²) in [6.45, 7) is 6.95. The Morgan fingerprint density at radius 3 is 2.38 bits per heavy atom. The molecule has 0 aliphatic rings. The van der Waals surface area contributed by atoms with Crippen LogP contribution in [0.2, 0.25) is 0 Å². The minimum absolute atomic E-state index is 0.0240. The summed E-state index contributed by atoms with van der Waals surface area (Å²) < 4.78 is 34.7. The van der Waals surface area contributed by atoms with E-state index in [9.17, 15) is 13.0 Å². The van der Waals surface area contributed by atoms with E-state index in [4.69, 9.17) is 0 Å². The molecule has 0 saturated carbocycles. The van der Waals surface area contributed by atoms with Crippen LogP contribution in [0.5, 0.6) is 0 Å². The Bertz CT molecular complexity index is 461. The summed E-state index contributed by atoms with van der Waals surface area (Å²) in [5, 5.41) is 7.27. The van der Waals surface area contributed by atoms with Gasteiger partial charge in [0.15, 0.2) is 0 Å². The Balaban J connectivity index is 3.06. The van der Waals surface area contributed by atoms with Crippen LogP contribution in [0.1, 0.15) is 27.7 Å². The Morgan fingerprint density at radius 1 is 1.38 bits per heavy atom. The van der Waals surface area contributed by atoms with Gasteiger partial charge in [-0.3, -0.25) is 0 Å². The van der Waals surface area contributed by atoms with Crippen LogP contribution in [-0.2, 0) is 21.0 Å². The first kappa shape index (κ1) is 13.9. The average molecular weight is 282 g/mol. The minimum Gasteiger partial charge on any atom is -0.609 e. The Morgan fingerprint density at radius 2 is 1.94 bits per heavy atom. The van der Waals surface area contributed by atoms with Crippen molar-refractivity contribution in [2.45, 2.75) is 41.1 Å². The van der Waals surface area contributed by atoms with Crippen LogP contribution in [0.25, 0.3) is 0 Å². The Hall–Kier alpha value is -0.180. The third kappa shape index (κ3) is 2.93. The quantitative estimate of drug-likeness (QED) is 0.779. The maximum absolute atomic E-state index is 11.9. The lowest BCUT2D eigenvalue weighted by atomic mass is 10.3. The average Bonchev–Trinajstić information content (AvgIpc) is 2.64. The largest absolute Gasteiger partial charge is 0.609 e. The van der Waals surface area contributed by atoms with Gasteiger partial charge in [0.1, 0.15) is 4.75 Å². The fourth-order valence-corrected chi connectivity index (χ4v) is 4.69. The lowest BCUT2D eigenvalue weighted by Gasteiger charge is -2.20. The van der Waals surface area contributed by atoms with Gasteiger partial charge >= 0.3 is 4.34 Å². The van der Waals surface area contributed by atoms with Gasteiger partial charge < -0.3 is 4.55 Å². The predicted octanol–water partition coefficient (Wildman–Crippen LogP) is 1.24. The van der Waals surface area contributed by atoms with Gasteiger partial charge in [0.05, 0.1) is 5.75 Å². The molecule has 1 aromatic rings. The van der Waals surface area contributed by atoms with Crippen molar-refractivity contribution in [1.82, 2.24) is 10.2 Å². The summed E-state index contributed by atoms with van der Waals surface area (Å²) in [6, 6.07) is 0. The summed E-state index contributed by atoms with van der Waals surface area (Å²) in [5.41, 5.74) is 0. The molecule has 0 bridgehead atoms. The highest BCUT2D eigenvalue weighted by molar-refractivity contribution is 7.96. The number of aromatic nitrogens is 2. The zero-order chi connectivity index (χ0) is 12.6. The predicted molar refractivity (Wildman–Crippen MR) is 63.8 cm³/mol. The number of nitrogens with zero attached hydrogens (tertiary/aromatic N) is 2. The van der Waals surface area contributed by atoms with Crippen molar-refractivity contribution in [3.63, 3.8) is 0 Å². The van der Waals surface area contributed by atoms with E-state index in [0.29, 0.717) is 0 Å². The van der Waals surface area contributed by atoms with E-state index in [2.05, 4.69) is 10.2 Å². The Kier molecular flexibility index (Phi) is 3.99. The van der Waals surface area contributed by atoms with E-state index in [0.717, 1.165) is 11.3 Å². The maximum Gasteiger partial charge on any atom is 0.323 e. The zero-order valence-electron chi connectivity index (χ0n) is 9.55. The molecule has 16 heavy (non-hydrogen) atoms. The second-order valence-corrected chi connectivity index (χ2v) is 9.96. The second kappa shape index (κ2) is 4.59. The van der Waals surface area contributed by atoms with Crippen molar-refractivity contribution < 1.29 is 13.0 Å². The van der Waals surface area contributed by atoms with E-state index in [1.54, 1.807) is 20.8 Å². The van der Waals surface area contributed by atoms with Gasteiger partial charge in [-0.1, -0.05) is 12.0 Å². The molecule has 8 heteroatoms. The van der Waals surface area contributed by atoms with Gasteiger partial charge in [-0.05, 0) is 32.1 Å². The first-order valence-corrected chi connectivity index (χ1v) is 8.28. The molecule has 1 aromatic heterocycles. The van der Waals surface area contributed by atoms with E-state index in [1.165, 1.54) is 6.92 Å². The summed E-state index contributed by atoms with van der Waals surface area (Å²) in [5.74, 6) is -0.0240. The molecule has 0 saturated heterocycles. The van der Waals surface area contributed by atoms with Gasteiger partial charge in [-0.2, -0.15) is 0 Å². The van der Waals surface area contributed by atoms with Gasteiger partial charge in [0, 0.05) is 11.2 Å². The molecular formula is C8H14N2O3S3. The molecule has 0 N–H and O–H groups in total. The molecule has 0 aliphatic carbocycles. The molecule has 1 heterocycles. The van der Waals surface area contributed by atoms with Gasteiger partial charge in [-0.25, -0.2) is 8.42 Å². The fourth-order valence-electron chi connectivity index (χ4n) is 0.783. The van der Waals surface area contributed by atoms with E-state index >= 15 is 0 Å². The van der Waals surface area contributed by atoms with Crippen LogP contribution in [-0.4, -0.2) is 33.7 Å². The summed E-state index contributed by atoms with van der Waals surface area (Å²) >= 11 is -0.447. The van der Waals surface area contributed by atoms with Gasteiger partial charge in [0.2, 0.25) is 14.2 Å². The highest BCUT2D eigenvalue weighted by Crippen LogP contribution is 2.28. The molecule has 0 amide bonds. The standard InChI is InChI=1S/C8H14N2O3S3/c1-5-16(12,13)7-10-9-6(14-7)15(11)8(2,3)4/h5H2,1-4H3. The van der Waals surface area contributed by atoms with Crippen LogP contribution in [0.3, 0.4) is 0 Å². The molecule has 1 rings (SSSR count). The van der Waals surface area contributed by atoms with Gasteiger partial charge in [-0.15, -0.1) is 5.10 Å². The van der Waals surface area contributed by atoms with Crippen LogP contribution in [0.4, 0.5) is 0 Å². The van der Waals surface area contributed by atoms with E-state index < -0.39 is 25.8 Å². The lowest BCUT2D eigenvalue weighted by Crippen LogP contribution is -2.27. The smallest absolute Gasteiger partial charge is 0.323 e. The number of sulfone groups is 1. The molecule has 1 atom stereocenters. The van der Waals surface area contributed by atoms with Crippen LogP contribution < -0.4 is 0 Å². The second-order valence-electron chi connectivity index (χ2n) is 4.12. The SMILES string of the molecule is CCS(=O)(=O)c1nnc([S+]([O-])C(C)(C)C)s1. The number of hydrogen-bond donors (Lipinski definition) is 0. The zero-order valence-corrected chi connectivity index (χ0v) is 12.0. The molecule has 0 fully saturated rings. The summed E-state index contributed by atoms with van der Waals surface area (Å²) in [6.07, 6.45) is 0. The van der Waals surface area contributed by atoms with Crippen molar-refractivity contribution in [2.75, 3.05) is 5.75 Å². The Labute approximate surface area is 102 Å². The summed E-state index contributed by atoms with van der Waals surface area (Å²) in [7, 11) is -3.35. The van der Waals surface area contributed by atoms with E-state index in [-0.39, 0.29) is 14.4 Å². The lowest BCUT2D eigenvalue weighted by molar-refractivity contribution is 0.557. The van der Waals surface area contributed by atoms with Crippen molar-refractivity contribution in [3.8, 4) is 0 Å². The highest BCUT2D eigenvalue weighted by Gasteiger charge is 2.33. The molecule has 0 aliphatic heterocycles. The molecule has 0 spiro atoms. The first-order chi connectivity index (χ1) is 7.18. The van der Waals surface area contributed by atoms with Crippen molar-refractivity contribution in [2.24, 2.45) is 0 Å². The minimum atomic E-state index is -3.35. The highest BCUT2D eigenvalue weighted by atomic mass is 32.3. The monoisotopic (exact) mass is 282 g/mol. The molecule has 0 radical (unpaired) electrons. The molecule has 1 unspecified atom stereocenters. The molecule has 5 nitrogen and oxygen atoms in total. The maximum atomic E-state index is 11.9. The molecular weight excluding hydrogens is 268 g/mol. The van der Waals surface area contributed by atoms with Crippen LogP contribution in [0, 0.1) is 0 Å². The number of hydrogen-bond acceptors (Lipinski definition) is 6. The van der Waals surface area contributed by atoms with Crippen LogP contribution in [0.15, 0.2) is 8.68 Å². The third-order valence-electron chi connectivity index (χ3n) is 1.75. The first-order valence-electron chi connectivity index (χ1n) is 4.66. The van der Waals surface area contributed by atoms with Crippen molar-refractivity contribution in [3.05, 3.63) is 0 Å².